The van der Waals surface area contributed by atoms with E-state index >= 15 is 0 Å². The number of esters is 1. The molecule has 26 heavy (non-hydrogen) atoms. The van der Waals surface area contributed by atoms with Gasteiger partial charge in [0.15, 0.2) is 6.61 Å². The maximum atomic E-state index is 11.9. The standard InChI is InChI=1S/C18H15Cl2NO5/c19-11-3-5-15(13(20)8-11)24-7-1-2-18(23)26-12-4-6-16-14(9-12)21-17(22)10-25-16/h3-6,8-9H,1-2,7,10H2,(H,21,22). The van der Waals surface area contributed by atoms with Gasteiger partial charge in [0.25, 0.3) is 5.91 Å². The van der Waals surface area contributed by atoms with Crippen LogP contribution in [0.1, 0.15) is 12.8 Å². The normalized spacial score (nSPS) is 12.6. The quantitative estimate of drug-likeness (QED) is 0.452. The van der Waals surface area contributed by atoms with Gasteiger partial charge in [0.1, 0.15) is 17.2 Å². The predicted molar refractivity (Wildman–Crippen MR) is 97.4 cm³/mol. The second-order valence-electron chi connectivity index (χ2n) is 5.50. The Kier molecular flexibility index (Phi) is 5.85. The SMILES string of the molecule is O=C1COc2ccc(OC(=O)CCCOc3ccc(Cl)cc3Cl)cc2N1. The third-order valence-corrected chi connectivity index (χ3v) is 4.02. The first kappa shape index (κ1) is 18.4. The minimum atomic E-state index is -0.404. The van der Waals surface area contributed by atoms with E-state index in [4.69, 9.17) is 37.4 Å². The lowest BCUT2D eigenvalue weighted by atomic mass is 10.2. The number of fused-ring (bicyclic) bond motifs is 1. The van der Waals surface area contributed by atoms with Crippen LogP contribution in [0.15, 0.2) is 36.4 Å². The molecule has 1 amide bonds. The van der Waals surface area contributed by atoms with E-state index < -0.39 is 5.97 Å². The zero-order valence-electron chi connectivity index (χ0n) is 13.6. The zero-order chi connectivity index (χ0) is 18.5. The molecule has 0 bridgehead atoms. The summed E-state index contributed by atoms with van der Waals surface area (Å²) in [6.07, 6.45) is 0.633. The Morgan fingerprint density at radius 3 is 2.85 bits per heavy atom. The molecule has 0 radical (unpaired) electrons. The minimum Gasteiger partial charge on any atom is -0.492 e. The topological polar surface area (TPSA) is 73.9 Å². The van der Waals surface area contributed by atoms with Gasteiger partial charge in [-0.2, -0.15) is 0 Å². The van der Waals surface area contributed by atoms with E-state index in [0.29, 0.717) is 46.0 Å². The first-order chi connectivity index (χ1) is 12.5. The van der Waals surface area contributed by atoms with E-state index in [1.807, 2.05) is 0 Å². The molecule has 3 rings (SSSR count). The number of ether oxygens (including phenoxy) is 3. The number of amides is 1. The lowest BCUT2D eigenvalue weighted by molar-refractivity contribution is -0.134. The molecule has 0 saturated heterocycles. The molecule has 0 spiro atoms. The monoisotopic (exact) mass is 395 g/mol. The molecule has 2 aromatic rings. The molecule has 136 valence electrons. The van der Waals surface area contributed by atoms with Crippen molar-refractivity contribution in [2.75, 3.05) is 18.5 Å². The molecule has 1 heterocycles. The highest BCUT2D eigenvalue weighted by atomic mass is 35.5. The molecule has 1 aliphatic rings. The first-order valence-electron chi connectivity index (χ1n) is 7.86. The summed E-state index contributed by atoms with van der Waals surface area (Å²) in [5.41, 5.74) is 0.479. The van der Waals surface area contributed by atoms with Crippen LogP contribution in [0.4, 0.5) is 5.69 Å². The predicted octanol–water partition coefficient (Wildman–Crippen LogP) is 4.09. The summed E-state index contributed by atoms with van der Waals surface area (Å²) in [6.45, 7) is 0.286. The van der Waals surface area contributed by atoms with Crippen molar-refractivity contribution in [3.8, 4) is 17.2 Å². The van der Waals surface area contributed by atoms with Crippen LogP contribution in [-0.2, 0) is 9.59 Å². The Labute approximate surface area is 159 Å². The average molecular weight is 396 g/mol. The maximum absolute atomic E-state index is 11.9. The number of hydrogen-bond acceptors (Lipinski definition) is 5. The highest BCUT2D eigenvalue weighted by molar-refractivity contribution is 6.35. The van der Waals surface area contributed by atoms with Crippen molar-refractivity contribution in [1.29, 1.82) is 0 Å². The fourth-order valence-corrected chi connectivity index (χ4v) is 2.76. The number of carbonyl (C=O) groups is 2. The first-order valence-corrected chi connectivity index (χ1v) is 8.62. The Bertz CT molecular complexity index is 840. The van der Waals surface area contributed by atoms with Gasteiger partial charge in [0, 0.05) is 17.5 Å². The average Bonchev–Trinajstić information content (AvgIpc) is 2.60. The van der Waals surface area contributed by atoms with Crippen LogP contribution in [0, 0.1) is 0 Å². The van der Waals surface area contributed by atoms with Crippen LogP contribution < -0.4 is 19.5 Å². The van der Waals surface area contributed by atoms with E-state index in [9.17, 15) is 9.59 Å². The van der Waals surface area contributed by atoms with E-state index in [1.54, 1.807) is 36.4 Å². The van der Waals surface area contributed by atoms with E-state index in [2.05, 4.69) is 5.32 Å². The van der Waals surface area contributed by atoms with Gasteiger partial charge in [-0.1, -0.05) is 23.2 Å². The zero-order valence-corrected chi connectivity index (χ0v) is 15.1. The number of carbonyl (C=O) groups excluding carboxylic acids is 2. The highest BCUT2D eigenvalue weighted by Crippen LogP contribution is 2.31. The van der Waals surface area contributed by atoms with Gasteiger partial charge in [0.05, 0.1) is 17.3 Å². The van der Waals surface area contributed by atoms with Crippen molar-refractivity contribution >= 4 is 40.8 Å². The van der Waals surface area contributed by atoms with Gasteiger partial charge in [-0.3, -0.25) is 9.59 Å². The van der Waals surface area contributed by atoms with Crippen molar-refractivity contribution in [2.24, 2.45) is 0 Å². The van der Waals surface area contributed by atoms with Crippen LogP contribution in [0.3, 0.4) is 0 Å². The van der Waals surface area contributed by atoms with Crippen molar-refractivity contribution in [1.82, 2.24) is 0 Å². The van der Waals surface area contributed by atoms with Crippen LogP contribution in [0.25, 0.3) is 0 Å². The Hall–Kier alpha value is -2.44. The number of anilines is 1. The second kappa shape index (κ2) is 8.29. The lowest BCUT2D eigenvalue weighted by Gasteiger charge is -2.18. The van der Waals surface area contributed by atoms with Crippen molar-refractivity contribution in [2.45, 2.75) is 12.8 Å². The molecule has 0 aliphatic carbocycles. The summed E-state index contributed by atoms with van der Waals surface area (Å²) in [4.78, 5) is 23.2. The Balaban J connectivity index is 1.46. The van der Waals surface area contributed by atoms with Gasteiger partial charge in [-0.15, -0.1) is 0 Å². The Morgan fingerprint density at radius 2 is 2.04 bits per heavy atom. The molecule has 6 nitrogen and oxygen atoms in total. The smallest absolute Gasteiger partial charge is 0.311 e. The molecule has 1 aliphatic heterocycles. The van der Waals surface area contributed by atoms with E-state index in [0.717, 1.165) is 0 Å². The molecule has 0 aromatic heterocycles. The third kappa shape index (κ3) is 4.80. The van der Waals surface area contributed by atoms with E-state index in [1.165, 1.54) is 0 Å². The number of nitrogens with one attached hydrogen (secondary N) is 1. The Morgan fingerprint density at radius 1 is 1.19 bits per heavy atom. The van der Waals surface area contributed by atoms with Gasteiger partial charge < -0.3 is 19.5 Å². The summed E-state index contributed by atoms with van der Waals surface area (Å²) >= 11 is 11.8. The van der Waals surface area contributed by atoms with Crippen LogP contribution in [-0.4, -0.2) is 25.1 Å². The molecule has 8 heteroatoms. The molecular formula is C18H15Cl2NO5. The van der Waals surface area contributed by atoms with Crippen LogP contribution >= 0.6 is 23.2 Å². The second-order valence-corrected chi connectivity index (χ2v) is 6.34. The molecule has 0 atom stereocenters. The largest absolute Gasteiger partial charge is 0.492 e. The van der Waals surface area contributed by atoms with Crippen molar-refractivity contribution in [3.63, 3.8) is 0 Å². The molecule has 0 saturated carbocycles. The fourth-order valence-electron chi connectivity index (χ4n) is 2.30. The van der Waals surface area contributed by atoms with Crippen LogP contribution in [0.5, 0.6) is 17.2 Å². The summed E-state index contributed by atoms with van der Waals surface area (Å²) in [7, 11) is 0. The van der Waals surface area contributed by atoms with Crippen molar-refractivity contribution in [3.05, 3.63) is 46.4 Å². The summed E-state index contributed by atoms with van der Waals surface area (Å²) in [6, 6.07) is 9.74. The number of rotatable bonds is 6. The molecular weight excluding hydrogens is 381 g/mol. The number of benzene rings is 2. The van der Waals surface area contributed by atoms with Crippen LogP contribution in [0.2, 0.25) is 10.0 Å². The minimum absolute atomic E-state index is 0.0240. The lowest BCUT2D eigenvalue weighted by Crippen LogP contribution is -2.25. The number of hydrogen-bond donors (Lipinski definition) is 1. The summed E-state index contributed by atoms with van der Waals surface area (Å²) in [5.74, 6) is 0.728. The molecule has 2 aromatic carbocycles. The summed E-state index contributed by atoms with van der Waals surface area (Å²) in [5, 5.41) is 3.60. The van der Waals surface area contributed by atoms with Gasteiger partial charge >= 0.3 is 5.97 Å². The molecule has 1 N–H and O–H groups in total. The van der Waals surface area contributed by atoms with Gasteiger partial charge in [-0.05, 0) is 36.8 Å². The summed E-state index contributed by atoms with van der Waals surface area (Å²) < 4.78 is 16.0. The third-order valence-electron chi connectivity index (χ3n) is 3.49. The molecule has 0 unspecified atom stereocenters. The number of halogens is 2. The fraction of sp³-hybridized carbons (Fsp3) is 0.222. The van der Waals surface area contributed by atoms with Crippen molar-refractivity contribution < 1.29 is 23.8 Å². The molecule has 0 fully saturated rings. The van der Waals surface area contributed by atoms with Gasteiger partial charge in [-0.25, -0.2) is 0 Å². The highest BCUT2D eigenvalue weighted by Gasteiger charge is 2.17. The van der Waals surface area contributed by atoms with E-state index in [-0.39, 0.29) is 18.9 Å². The van der Waals surface area contributed by atoms with Gasteiger partial charge in [0.2, 0.25) is 0 Å². The maximum Gasteiger partial charge on any atom is 0.311 e.